The van der Waals surface area contributed by atoms with E-state index in [1.807, 2.05) is 0 Å². The number of ether oxygens (including phenoxy) is 2. The molecule has 0 unspecified atom stereocenters. The topological polar surface area (TPSA) is 80.4 Å². The van der Waals surface area contributed by atoms with E-state index in [0.29, 0.717) is 28.8 Å². The lowest BCUT2D eigenvalue weighted by Gasteiger charge is -2.13. The van der Waals surface area contributed by atoms with E-state index in [2.05, 4.69) is 5.32 Å². The number of pyridine rings is 1. The predicted octanol–water partition coefficient (Wildman–Crippen LogP) is 2.97. The third-order valence-corrected chi connectivity index (χ3v) is 3.44. The van der Waals surface area contributed by atoms with Gasteiger partial charge in [0.2, 0.25) is 0 Å². The predicted molar refractivity (Wildman–Crippen MR) is 84.3 cm³/mol. The van der Waals surface area contributed by atoms with Crippen molar-refractivity contribution in [1.82, 2.24) is 4.98 Å². The van der Waals surface area contributed by atoms with Crippen molar-refractivity contribution in [2.24, 2.45) is 0 Å². The van der Waals surface area contributed by atoms with Crippen LogP contribution in [0.3, 0.4) is 0 Å². The number of rotatable bonds is 4. The van der Waals surface area contributed by atoms with Crippen LogP contribution in [-0.4, -0.2) is 25.1 Å². The Morgan fingerprint density at radius 3 is 2.24 bits per heavy atom. The Hall–Kier alpha value is -2.97. The fourth-order valence-corrected chi connectivity index (χ4v) is 2.12. The van der Waals surface area contributed by atoms with E-state index >= 15 is 0 Å². The van der Waals surface area contributed by atoms with Crippen molar-refractivity contribution in [3.8, 4) is 11.5 Å². The number of benzene rings is 1. The molecule has 0 bridgehead atoms. The van der Waals surface area contributed by atoms with E-state index in [9.17, 15) is 22.8 Å². The molecule has 6 nitrogen and oxygen atoms in total. The highest BCUT2D eigenvalue weighted by atomic mass is 19.4. The Kier molecular flexibility index (Phi) is 5.05. The summed E-state index contributed by atoms with van der Waals surface area (Å²) in [5.41, 5.74) is -1.85. The van der Waals surface area contributed by atoms with Gasteiger partial charge in [0.15, 0.2) is 11.5 Å². The van der Waals surface area contributed by atoms with Crippen molar-refractivity contribution in [1.29, 1.82) is 0 Å². The van der Waals surface area contributed by atoms with E-state index in [4.69, 9.17) is 9.47 Å². The van der Waals surface area contributed by atoms with Crippen molar-refractivity contribution < 1.29 is 27.4 Å². The van der Waals surface area contributed by atoms with Crippen LogP contribution in [-0.2, 0) is 6.18 Å². The van der Waals surface area contributed by atoms with Gasteiger partial charge in [0, 0.05) is 11.8 Å². The summed E-state index contributed by atoms with van der Waals surface area (Å²) >= 11 is 0. The van der Waals surface area contributed by atoms with Crippen LogP contribution in [0.1, 0.15) is 21.6 Å². The van der Waals surface area contributed by atoms with Crippen LogP contribution in [0.25, 0.3) is 0 Å². The second-order valence-electron chi connectivity index (χ2n) is 5.09. The molecule has 2 rings (SSSR count). The molecule has 1 heterocycles. The first-order valence-corrected chi connectivity index (χ1v) is 7.02. The zero-order chi connectivity index (χ0) is 18.8. The molecule has 0 aliphatic rings. The highest BCUT2D eigenvalue weighted by molar-refractivity contribution is 6.04. The van der Waals surface area contributed by atoms with Crippen LogP contribution >= 0.6 is 0 Å². The van der Waals surface area contributed by atoms with Crippen molar-refractivity contribution in [2.45, 2.75) is 13.1 Å². The molecule has 1 aromatic carbocycles. The van der Waals surface area contributed by atoms with Crippen LogP contribution in [0, 0.1) is 6.92 Å². The van der Waals surface area contributed by atoms with E-state index in [0.717, 1.165) is 6.07 Å². The van der Waals surface area contributed by atoms with Gasteiger partial charge >= 0.3 is 6.18 Å². The van der Waals surface area contributed by atoms with Gasteiger partial charge in [0.1, 0.15) is 11.3 Å². The minimum Gasteiger partial charge on any atom is -0.493 e. The van der Waals surface area contributed by atoms with Gasteiger partial charge in [-0.1, -0.05) is 0 Å². The van der Waals surface area contributed by atoms with Gasteiger partial charge < -0.3 is 19.8 Å². The van der Waals surface area contributed by atoms with E-state index in [-0.39, 0.29) is 0 Å². The molecule has 0 atom stereocenters. The summed E-state index contributed by atoms with van der Waals surface area (Å²) in [5, 5.41) is 2.48. The third kappa shape index (κ3) is 3.93. The van der Waals surface area contributed by atoms with E-state index in [1.165, 1.54) is 20.3 Å². The SMILES string of the molecule is COc1cc(C)c(NC(=O)c2ccc(C(F)(F)F)[nH]c2=O)cc1OC. The van der Waals surface area contributed by atoms with Crippen LogP contribution in [0.15, 0.2) is 29.1 Å². The van der Waals surface area contributed by atoms with Gasteiger partial charge in [-0.05, 0) is 30.7 Å². The van der Waals surface area contributed by atoms with E-state index < -0.39 is 28.9 Å². The number of nitrogens with one attached hydrogen (secondary N) is 2. The minimum atomic E-state index is -4.70. The van der Waals surface area contributed by atoms with Gasteiger partial charge in [-0.2, -0.15) is 13.2 Å². The number of aromatic amines is 1. The largest absolute Gasteiger partial charge is 0.493 e. The molecule has 0 spiro atoms. The minimum absolute atomic E-state index is 0.335. The number of aromatic nitrogens is 1. The van der Waals surface area contributed by atoms with Gasteiger partial charge in [-0.3, -0.25) is 9.59 Å². The molecule has 1 aromatic heterocycles. The molecule has 0 aliphatic carbocycles. The molecule has 0 radical (unpaired) electrons. The number of alkyl halides is 3. The van der Waals surface area contributed by atoms with Crippen molar-refractivity contribution in [3.05, 3.63) is 51.4 Å². The first kappa shape index (κ1) is 18.4. The molecule has 1 amide bonds. The van der Waals surface area contributed by atoms with Crippen LogP contribution in [0.4, 0.5) is 18.9 Å². The van der Waals surface area contributed by atoms with Gasteiger partial charge in [0.05, 0.1) is 14.2 Å². The molecule has 0 fully saturated rings. The zero-order valence-electron chi connectivity index (χ0n) is 13.6. The summed E-state index contributed by atoms with van der Waals surface area (Å²) < 4.78 is 47.9. The maximum atomic E-state index is 12.6. The van der Waals surface area contributed by atoms with Crippen molar-refractivity contribution in [2.75, 3.05) is 19.5 Å². The average Bonchev–Trinajstić information content (AvgIpc) is 2.55. The van der Waals surface area contributed by atoms with Crippen LogP contribution in [0.2, 0.25) is 0 Å². The number of halogens is 3. The summed E-state index contributed by atoms with van der Waals surface area (Å²) in [6.07, 6.45) is -4.70. The number of methoxy groups -OCH3 is 2. The summed E-state index contributed by atoms with van der Waals surface area (Å²) in [6.45, 7) is 1.69. The first-order chi connectivity index (χ1) is 11.7. The smallest absolute Gasteiger partial charge is 0.431 e. The number of hydrogen-bond acceptors (Lipinski definition) is 4. The molecule has 134 valence electrons. The number of amides is 1. The second-order valence-corrected chi connectivity index (χ2v) is 5.09. The van der Waals surface area contributed by atoms with Gasteiger partial charge in [-0.25, -0.2) is 0 Å². The lowest BCUT2D eigenvalue weighted by Crippen LogP contribution is -2.26. The second kappa shape index (κ2) is 6.88. The Morgan fingerprint density at radius 2 is 1.72 bits per heavy atom. The molecule has 0 saturated carbocycles. The summed E-state index contributed by atoms with van der Waals surface area (Å²) in [4.78, 5) is 25.6. The Bertz CT molecular complexity index is 859. The summed E-state index contributed by atoms with van der Waals surface area (Å²) in [7, 11) is 2.87. The molecular weight excluding hydrogens is 341 g/mol. The Labute approximate surface area is 140 Å². The van der Waals surface area contributed by atoms with Gasteiger partial charge in [-0.15, -0.1) is 0 Å². The summed E-state index contributed by atoms with van der Waals surface area (Å²) in [5.74, 6) is -0.0413. The third-order valence-electron chi connectivity index (χ3n) is 3.44. The number of hydrogen-bond donors (Lipinski definition) is 2. The molecule has 2 aromatic rings. The lowest BCUT2D eigenvalue weighted by molar-refractivity contribution is -0.141. The number of H-pyrrole nitrogens is 1. The van der Waals surface area contributed by atoms with Crippen molar-refractivity contribution >= 4 is 11.6 Å². The molecule has 0 saturated heterocycles. The average molecular weight is 356 g/mol. The van der Waals surface area contributed by atoms with Gasteiger partial charge in [0.25, 0.3) is 11.5 Å². The standard InChI is InChI=1S/C16H15F3N2O4/c1-8-6-11(24-2)12(25-3)7-10(8)20-14(22)9-4-5-13(16(17,18)19)21-15(9)23/h4-7H,1-3H3,(H,20,22)(H,21,23). The maximum Gasteiger partial charge on any atom is 0.431 e. The zero-order valence-corrected chi connectivity index (χ0v) is 13.6. The first-order valence-electron chi connectivity index (χ1n) is 7.02. The molecule has 25 heavy (non-hydrogen) atoms. The molecule has 9 heteroatoms. The maximum absolute atomic E-state index is 12.6. The molecule has 0 aliphatic heterocycles. The highest BCUT2D eigenvalue weighted by Gasteiger charge is 2.32. The van der Waals surface area contributed by atoms with E-state index in [1.54, 1.807) is 18.0 Å². The summed E-state index contributed by atoms with van der Waals surface area (Å²) in [6, 6.07) is 4.57. The van der Waals surface area contributed by atoms with Crippen LogP contribution < -0.4 is 20.3 Å². The number of carbonyl (C=O) groups is 1. The van der Waals surface area contributed by atoms with Crippen molar-refractivity contribution in [3.63, 3.8) is 0 Å². The Balaban J connectivity index is 2.33. The van der Waals surface area contributed by atoms with Crippen LogP contribution in [0.5, 0.6) is 11.5 Å². The monoisotopic (exact) mass is 356 g/mol. The Morgan fingerprint density at radius 1 is 1.12 bits per heavy atom. The number of carbonyl (C=O) groups excluding carboxylic acids is 1. The number of aryl methyl sites for hydroxylation is 1. The normalized spacial score (nSPS) is 11.1. The molecule has 2 N–H and O–H groups in total. The highest BCUT2D eigenvalue weighted by Crippen LogP contribution is 2.33. The lowest BCUT2D eigenvalue weighted by atomic mass is 10.1. The number of anilines is 1. The fourth-order valence-electron chi connectivity index (χ4n) is 2.12. The molecular formula is C16H15F3N2O4. The fraction of sp³-hybridized carbons (Fsp3) is 0.250. The quantitative estimate of drug-likeness (QED) is 0.883.